The quantitative estimate of drug-likeness (QED) is 0.852. The summed E-state index contributed by atoms with van der Waals surface area (Å²) in [4.78, 5) is 4.80. The van der Waals surface area contributed by atoms with Crippen LogP contribution in [0.15, 0.2) is 47.5 Å². The molecule has 0 aliphatic heterocycles. The van der Waals surface area contributed by atoms with E-state index < -0.39 is 15.1 Å². The van der Waals surface area contributed by atoms with Crippen molar-refractivity contribution in [3.63, 3.8) is 0 Å². The van der Waals surface area contributed by atoms with Crippen molar-refractivity contribution in [1.82, 2.24) is 4.98 Å². The summed E-state index contributed by atoms with van der Waals surface area (Å²) < 4.78 is 25.6. The second kappa shape index (κ2) is 5.02. The number of rotatable bonds is 2. The van der Waals surface area contributed by atoms with Crippen molar-refractivity contribution in [3.05, 3.63) is 59.4 Å². The first kappa shape index (κ1) is 13.3. The molecule has 0 spiro atoms. The van der Waals surface area contributed by atoms with Gasteiger partial charge < -0.3 is 0 Å². The van der Waals surface area contributed by atoms with Gasteiger partial charge in [0.15, 0.2) is 9.84 Å². The molecule has 0 amide bonds. The van der Waals surface area contributed by atoms with Crippen LogP contribution in [0.25, 0.3) is 0 Å². The standard InChI is InChI=1S/C16H17NO2S/c1-12-10-13-6-5-9-15(16(13)17-11-12)20(18,19)14-7-3-2-4-8-14/h2-4,7-8,10-11,15H,5-6,9H2,1H3/t15-/m0/s1. The van der Waals surface area contributed by atoms with Crippen LogP contribution in [0.4, 0.5) is 0 Å². The van der Waals surface area contributed by atoms with Gasteiger partial charge in [-0.25, -0.2) is 8.42 Å². The van der Waals surface area contributed by atoms with E-state index in [4.69, 9.17) is 0 Å². The Morgan fingerprint density at radius 3 is 2.70 bits per heavy atom. The second-order valence-corrected chi connectivity index (χ2v) is 7.43. The summed E-state index contributed by atoms with van der Waals surface area (Å²) >= 11 is 0. The van der Waals surface area contributed by atoms with Gasteiger partial charge in [-0.1, -0.05) is 24.3 Å². The Morgan fingerprint density at radius 1 is 1.20 bits per heavy atom. The van der Waals surface area contributed by atoms with Crippen LogP contribution in [0.2, 0.25) is 0 Å². The van der Waals surface area contributed by atoms with E-state index >= 15 is 0 Å². The van der Waals surface area contributed by atoms with Crippen molar-refractivity contribution in [2.75, 3.05) is 0 Å². The third kappa shape index (κ3) is 2.24. The lowest BCUT2D eigenvalue weighted by atomic mass is 9.95. The maximum absolute atomic E-state index is 12.8. The molecule has 3 rings (SSSR count). The number of sulfone groups is 1. The Balaban J connectivity index is 2.09. The van der Waals surface area contributed by atoms with E-state index in [1.54, 1.807) is 30.5 Å². The van der Waals surface area contributed by atoms with Gasteiger partial charge in [0, 0.05) is 6.20 Å². The lowest BCUT2D eigenvalue weighted by molar-refractivity contribution is 0.555. The summed E-state index contributed by atoms with van der Waals surface area (Å²) in [6.07, 6.45) is 4.23. The Bertz CT molecular complexity index is 723. The van der Waals surface area contributed by atoms with Gasteiger partial charge in [-0.15, -0.1) is 0 Å². The van der Waals surface area contributed by atoms with Gasteiger partial charge in [0.05, 0.1) is 10.6 Å². The van der Waals surface area contributed by atoms with Gasteiger partial charge in [0.25, 0.3) is 0 Å². The maximum atomic E-state index is 12.8. The topological polar surface area (TPSA) is 47.0 Å². The monoisotopic (exact) mass is 287 g/mol. The zero-order chi connectivity index (χ0) is 14.2. The highest BCUT2D eigenvalue weighted by atomic mass is 32.2. The molecular formula is C16H17NO2S. The lowest BCUT2D eigenvalue weighted by Crippen LogP contribution is -2.20. The summed E-state index contributed by atoms with van der Waals surface area (Å²) in [5.41, 5.74) is 2.91. The minimum atomic E-state index is -3.35. The number of aromatic nitrogens is 1. The number of pyridine rings is 1. The van der Waals surface area contributed by atoms with Gasteiger partial charge in [-0.3, -0.25) is 4.98 Å². The molecule has 20 heavy (non-hydrogen) atoms. The highest BCUT2D eigenvalue weighted by Gasteiger charge is 2.33. The Hall–Kier alpha value is -1.68. The van der Waals surface area contributed by atoms with E-state index in [-0.39, 0.29) is 0 Å². The first-order valence-electron chi connectivity index (χ1n) is 6.83. The fourth-order valence-corrected chi connectivity index (χ4v) is 4.67. The molecule has 0 saturated carbocycles. The Morgan fingerprint density at radius 2 is 1.95 bits per heavy atom. The highest BCUT2D eigenvalue weighted by Crippen LogP contribution is 2.37. The van der Waals surface area contributed by atoms with Gasteiger partial charge in [-0.05, 0) is 49.4 Å². The molecule has 4 heteroatoms. The van der Waals surface area contributed by atoms with Crippen molar-refractivity contribution in [2.24, 2.45) is 0 Å². The molecule has 104 valence electrons. The number of hydrogen-bond acceptors (Lipinski definition) is 3. The lowest BCUT2D eigenvalue weighted by Gasteiger charge is -2.24. The van der Waals surface area contributed by atoms with Gasteiger partial charge in [-0.2, -0.15) is 0 Å². The highest BCUT2D eigenvalue weighted by molar-refractivity contribution is 7.91. The van der Waals surface area contributed by atoms with E-state index in [9.17, 15) is 8.42 Å². The van der Waals surface area contributed by atoms with Crippen LogP contribution in [0.5, 0.6) is 0 Å². The summed E-state index contributed by atoms with van der Waals surface area (Å²) in [6, 6.07) is 10.7. The van der Waals surface area contributed by atoms with Crippen LogP contribution >= 0.6 is 0 Å². The van der Waals surface area contributed by atoms with Crippen LogP contribution in [0, 0.1) is 6.92 Å². The van der Waals surface area contributed by atoms with Gasteiger partial charge in [0.1, 0.15) is 5.25 Å². The molecule has 1 atom stereocenters. The number of aryl methyl sites for hydroxylation is 2. The third-order valence-corrected chi connectivity index (χ3v) is 5.94. The molecule has 0 bridgehead atoms. The van der Waals surface area contributed by atoms with Crippen LogP contribution in [0.3, 0.4) is 0 Å². The normalized spacial score (nSPS) is 18.6. The fourth-order valence-electron chi connectivity index (χ4n) is 2.82. The van der Waals surface area contributed by atoms with Crippen LogP contribution < -0.4 is 0 Å². The van der Waals surface area contributed by atoms with Crippen LogP contribution in [-0.4, -0.2) is 13.4 Å². The van der Waals surface area contributed by atoms with E-state index in [1.165, 1.54) is 0 Å². The fraction of sp³-hybridized carbons (Fsp3) is 0.312. The van der Waals surface area contributed by atoms with Gasteiger partial charge in [0.2, 0.25) is 0 Å². The molecule has 0 fully saturated rings. The van der Waals surface area contributed by atoms with E-state index in [0.717, 1.165) is 29.7 Å². The zero-order valence-electron chi connectivity index (χ0n) is 11.4. The Labute approximate surface area is 119 Å². The van der Waals surface area contributed by atoms with Gasteiger partial charge >= 0.3 is 0 Å². The molecule has 1 aliphatic carbocycles. The molecule has 1 heterocycles. The minimum Gasteiger partial charge on any atom is -0.259 e. The molecular weight excluding hydrogens is 270 g/mol. The summed E-state index contributed by atoms with van der Waals surface area (Å²) in [5, 5.41) is -0.505. The molecule has 3 nitrogen and oxygen atoms in total. The largest absolute Gasteiger partial charge is 0.259 e. The average Bonchev–Trinajstić information content (AvgIpc) is 2.47. The van der Waals surface area contributed by atoms with Crippen molar-refractivity contribution in [1.29, 1.82) is 0 Å². The Kier molecular flexibility index (Phi) is 3.34. The molecule has 0 unspecified atom stereocenters. The van der Waals surface area contributed by atoms with Crippen molar-refractivity contribution < 1.29 is 8.42 Å². The number of nitrogens with zero attached hydrogens (tertiary/aromatic N) is 1. The smallest absolute Gasteiger partial charge is 0.186 e. The molecule has 0 N–H and O–H groups in total. The molecule has 1 aromatic heterocycles. The van der Waals surface area contributed by atoms with E-state index in [2.05, 4.69) is 11.1 Å². The SMILES string of the molecule is Cc1cnc2c(c1)CCC[C@@H]2S(=O)(=O)c1ccccc1. The third-order valence-electron chi connectivity index (χ3n) is 3.80. The molecule has 1 aromatic carbocycles. The number of fused-ring (bicyclic) bond motifs is 1. The molecule has 0 saturated heterocycles. The molecule has 1 aliphatic rings. The van der Waals surface area contributed by atoms with Crippen molar-refractivity contribution >= 4 is 9.84 Å². The average molecular weight is 287 g/mol. The van der Waals surface area contributed by atoms with Crippen LogP contribution in [-0.2, 0) is 16.3 Å². The summed E-state index contributed by atoms with van der Waals surface area (Å²) in [6.45, 7) is 1.99. The van der Waals surface area contributed by atoms with Crippen molar-refractivity contribution in [2.45, 2.75) is 36.3 Å². The predicted octanol–water partition coefficient (Wildman–Crippen LogP) is 3.24. The molecule has 0 radical (unpaired) electrons. The predicted molar refractivity (Wildman–Crippen MR) is 78.3 cm³/mol. The first-order valence-corrected chi connectivity index (χ1v) is 8.38. The summed E-state index contributed by atoms with van der Waals surface area (Å²) in [5.74, 6) is 0. The minimum absolute atomic E-state index is 0.389. The molecule has 2 aromatic rings. The van der Waals surface area contributed by atoms with E-state index in [0.29, 0.717) is 11.3 Å². The number of benzene rings is 1. The van der Waals surface area contributed by atoms with Crippen LogP contribution in [0.1, 0.15) is 34.9 Å². The van der Waals surface area contributed by atoms with E-state index in [1.807, 2.05) is 13.0 Å². The summed E-state index contributed by atoms with van der Waals surface area (Å²) in [7, 11) is -3.35. The zero-order valence-corrected chi connectivity index (χ0v) is 12.2. The van der Waals surface area contributed by atoms with Crippen molar-refractivity contribution in [3.8, 4) is 0 Å². The first-order chi connectivity index (χ1) is 9.59. The number of hydrogen-bond donors (Lipinski definition) is 0. The maximum Gasteiger partial charge on any atom is 0.186 e. The second-order valence-electron chi connectivity index (χ2n) is 5.30.